The van der Waals surface area contributed by atoms with Gasteiger partial charge in [-0.3, -0.25) is 9.36 Å². The van der Waals surface area contributed by atoms with Gasteiger partial charge >= 0.3 is 0 Å². The van der Waals surface area contributed by atoms with Crippen molar-refractivity contribution in [3.63, 3.8) is 0 Å². The molecule has 1 unspecified atom stereocenters. The fourth-order valence-corrected chi connectivity index (χ4v) is 5.58. The average Bonchev–Trinajstić information content (AvgIpc) is 3.65. The second-order valence-corrected chi connectivity index (χ2v) is 10.0. The first-order valence-corrected chi connectivity index (χ1v) is 13.3. The average molecular weight is 491 g/mol. The van der Waals surface area contributed by atoms with Crippen LogP contribution in [0.1, 0.15) is 18.4 Å². The van der Waals surface area contributed by atoms with Crippen LogP contribution in [0, 0.1) is 0 Å². The largest absolute Gasteiger partial charge is 0.376 e. The van der Waals surface area contributed by atoms with Gasteiger partial charge in [-0.05, 0) is 42.0 Å². The fourth-order valence-electron chi connectivity index (χ4n) is 4.04. The van der Waals surface area contributed by atoms with Crippen LogP contribution in [0.5, 0.6) is 0 Å². The van der Waals surface area contributed by atoms with Gasteiger partial charge < -0.3 is 9.64 Å². The van der Waals surface area contributed by atoms with Gasteiger partial charge in [0.05, 0.1) is 29.8 Å². The molecule has 1 fully saturated rings. The molecule has 6 nitrogen and oxygen atoms in total. The van der Waals surface area contributed by atoms with Crippen LogP contribution in [0.25, 0.3) is 10.7 Å². The van der Waals surface area contributed by atoms with Crippen LogP contribution >= 0.6 is 23.1 Å². The van der Waals surface area contributed by atoms with Gasteiger partial charge in [-0.15, -0.1) is 21.5 Å². The molecule has 3 heterocycles. The third kappa shape index (κ3) is 5.41. The first-order chi connectivity index (χ1) is 16.8. The van der Waals surface area contributed by atoms with Crippen LogP contribution in [0.15, 0.2) is 83.3 Å². The number of hydrogen-bond donors (Lipinski definition) is 0. The van der Waals surface area contributed by atoms with E-state index in [1.807, 2.05) is 77.0 Å². The van der Waals surface area contributed by atoms with Crippen molar-refractivity contribution in [3.05, 3.63) is 83.7 Å². The maximum Gasteiger partial charge on any atom is 0.237 e. The topological polar surface area (TPSA) is 60.3 Å². The zero-order valence-corrected chi connectivity index (χ0v) is 20.4. The molecule has 0 saturated carbocycles. The summed E-state index contributed by atoms with van der Waals surface area (Å²) in [5, 5.41) is 11.7. The van der Waals surface area contributed by atoms with E-state index in [4.69, 9.17) is 4.74 Å². The number of hydrogen-bond acceptors (Lipinski definition) is 6. The Morgan fingerprint density at radius 2 is 1.85 bits per heavy atom. The Bertz CT molecular complexity index is 1190. The minimum atomic E-state index is 0.0318. The molecular weight excluding hydrogens is 464 g/mol. The number of carbonyl (C=O) groups is 1. The lowest BCUT2D eigenvalue weighted by atomic mass is 10.2. The van der Waals surface area contributed by atoms with Gasteiger partial charge in [0.2, 0.25) is 5.91 Å². The van der Waals surface area contributed by atoms with E-state index in [9.17, 15) is 4.79 Å². The molecule has 1 amide bonds. The number of thiophene rings is 1. The minimum Gasteiger partial charge on any atom is -0.376 e. The van der Waals surface area contributed by atoms with E-state index in [1.54, 1.807) is 11.3 Å². The number of thioether (sulfide) groups is 1. The molecule has 0 radical (unpaired) electrons. The van der Waals surface area contributed by atoms with E-state index in [0.717, 1.165) is 46.6 Å². The standard InChI is InChI=1S/C26H26N4O2S2/c31-24(29(21-11-5-2-6-12-21)17-20-9-3-1-4-10-20)19-34-26-28-27-25(23-14-8-16-33-23)30(26)18-22-13-7-15-32-22/h1-6,8-12,14,16,22H,7,13,15,17-19H2. The van der Waals surface area contributed by atoms with Crippen LogP contribution in [-0.4, -0.2) is 39.1 Å². The maximum atomic E-state index is 13.4. The van der Waals surface area contributed by atoms with Crippen molar-refractivity contribution in [2.75, 3.05) is 17.3 Å². The van der Waals surface area contributed by atoms with Gasteiger partial charge in [0.15, 0.2) is 11.0 Å². The van der Waals surface area contributed by atoms with Crippen molar-refractivity contribution in [2.24, 2.45) is 0 Å². The Hall–Kier alpha value is -2.94. The smallest absolute Gasteiger partial charge is 0.237 e. The van der Waals surface area contributed by atoms with Gasteiger partial charge in [-0.2, -0.15) is 0 Å². The summed E-state index contributed by atoms with van der Waals surface area (Å²) in [7, 11) is 0. The molecule has 174 valence electrons. The Labute approximate surface area is 207 Å². The highest BCUT2D eigenvalue weighted by Crippen LogP contribution is 2.29. The number of nitrogens with zero attached hydrogens (tertiary/aromatic N) is 4. The Kier molecular flexibility index (Phi) is 7.38. The molecule has 8 heteroatoms. The molecule has 5 rings (SSSR count). The second kappa shape index (κ2) is 11.0. The molecule has 1 aliphatic rings. The molecule has 0 N–H and O–H groups in total. The predicted octanol–water partition coefficient (Wildman–Crippen LogP) is 5.51. The van der Waals surface area contributed by atoms with E-state index in [2.05, 4.69) is 20.8 Å². The lowest BCUT2D eigenvalue weighted by Crippen LogP contribution is -2.32. The summed E-state index contributed by atoms with van der Waals surface area (Å²) in [5.74, 6) is 1.14. The first-order valence-electron chi connectivity index (χ1n) is 11.4. The third-order valence-corrected chi connectivity index (χ3v) is 7.56. The molecule has 0 bridgehead atoms. The number of benzene rings is 2. The van der Waals surface area contributed by atoms with Gasteiger partial charge in [0.1, 0.15) is 0 Å². The molecule has 0 aliphatic carbocycles. The van der Waals surface area contributed by atoms with Gasteiger partial charge in [-0.1, -0.05) is 66.4 Å². The molecule has 1 atom stereocenters. The number of aromatic nitrogens is 3. The quantitative estimate of drug-likeness (QED) is 0.290. The van der Waals surface area contributed by atoms with Crippen molar-refractivity contribution < 1.29 is 9.53 Å². The molecule has 0 spiro atoms. The van der Waals surface area contributed by atoms with Crippen molar-refractivity contribution in [3.8, 4) is 10.7 Å². The molecule has 2 aromatic heterocycles. The van der Waals surface area contributed by atoms with E-state index < -0.39 is 0 Å². The highest BCUT2D eigenvalue weighted by molar-refractivity contribution is 7.99. The highest BCUT2D eigenvalue weighted by Gasteiger charge is 2.24. The van der Waals surface area contributed by atoms with Crippen LogP contribution in [-0.2, 0) is 22.6 Å². The van der Waals surface area contributed by atoms with Crippen molar-refractivity contribution in [1.29, 1.82) is 0 Å². The Morgan fingerprint density at radius 1 is 1.06 bits per heavy atom. The number of para-hydroxylation sites is 1. The van der Waals surface area contributed by atoms with E-state index in [0.29, 0.717) is 13.1 Å². The number of carbonyl (C=O) groups excluding carboxylic acids is 1. The third-order valence-electron chi connectivity index (χ3n) is 5.75. The number of anilines is 1. The molecule has 4 aromatic rings. The summed E-state index contributed by atoms with van der Waals surface area (Å²) < 4.78 is 8.00. The van der Waals surface area contributed by atoms with Crippen molar-refractivity contribution in [1.82, 2.24) is 14.8 Å². The van der Waals surface area contributed by atoms with E-state index in [-0.39, 0.29) is 17.8 Å². The molecular formula is C26H26N4O2S2. The lowest BCUT2D eigenvalue weighted by Gasteiger charge is -2.23. The van der Waals surface area contributed by atoms with E-state index in [1.165, 1.54) is 11.8 Å². The van der Waals surface area contributed by atoms with Crippen LogP contribution in [0.4, 0.5) is 5.69 Å². The van der Waals surface area contributed by atoms with Crippen LogP contribution in [0.2, 0.25) is 0 Å². The monoisotopic (exact) mass is 490 g/mol. The van der Waals surface area contributed by atoms with Gasteiger partial charge in [-0.25, -0.2) is 0 Å². The molecule has 1 aliphatic heterocycles. The van der Waals surface area contributed by atoms with Crippen LogP contribution in [0.3, 0.4) is 0 Å². The summed E-state index contributed by atoms with van der Waals surface area (Å²) in [6.45, 7) is 2.02. The molecule has 2 aromatic carbocycles. The minimum absolute atomic E-state index is 0.0318. The highest BCUT2D eigenvalue weighted by atomic mass is 32.2. The zero-order valence-electron chi connectivity index (χ0n) is 18.7. The summed E-state index contributed by atoms with van der Waals surface area (Å²) >= 11 is 3.08. The van der Waals surface area contributed by atoms with Crippen molar-refractivity contribution >= 4 is 34.7 Å². The zero-order chi connectivity index (χ0) is 23.2. The molecule has 1 saturated heterocycles. The SMILES string of the molecule is O=C(CSc1nnc(-c2cccs2)n1CC1CCCO1)N(Cc1ccccc1)c1ccccc1. The van der Waals surface area contributed by atoms with Crippen molar-refractivity contribution in [2.45, 2.75) is 37.2 Å². The van der Waals surface area contributed by atoms with Gasteiger partial charge in [0.25, 0.3) is 0 Å². The predicted molar refractivity (Wildman–Crippen MR) is 137 cm³/mol. The summed E-state index contributed by atoms with van der Waals surface area (Å²) in [6, 6.07) is 24.0. The first kappa shape index (κ1) is 22.8. The number of amides is 1. The maximum absolute atomic E-state index is 13.4. The Morgan fingerprint density at radius 3 is 2.56 bits per heavy atom. The molecule has 34 heavy (non-hydrogen) atoms. The van der Waals surface area contributed by atoms with E-state index >= 15 is 0 Å². The lowest BCUT2D eigenvalue weighted by molar-refractivity contribution is -0.116. The van der Waals surface area contributed by atoms with Gasteiger partial charge in [0, 0.05) is 12.3 Å². The second-order valence-electron chi connectivity index (χ2n) is 8.12. The van der Waals surface area contributed by atoms with Crippen LogP contribution < -0.4 is 4.90 Å². The number of rotatable bonds is 9. The summed E-state index contributed by atoms with van der Waals surface area (Å²) in [6.07, 6.45) is 2.26. The fraction of sp³-hybridized carbons (Fsp3) is 0.269. The summed E-state index contributed by atoms with van der Waals surface area (Å²) in [5.41, 5.74) is 1.98. The summed E-state index contributed by atoms with van der Waals surface area (Å²) in [4.78, 5) is 16.3. The Balaban J connectivity index is 1.35. The normalized spacial score (nSPS) is 15.5. The number of ether oxygens (including phenoxy) is 1.